The average molecular weight is 178 g/mol. The normalized spacial score (nSPS) is 18.0. The molecule has 0 radical (unpaired) electrons. The first kappa shape index (κ1) is 9.16. The number of hydrogen-bond donors (Lipinski definition) is 0. The van der Waals surface area contributed by atoms with Crippen LogP contribution in [0.4, 0.5) is 12.9 Å². The molecule has 1 rings (SSSR count). The Hall–Kier alpha value is -0.935. The Morgan fingerprint density at radius 2 is 2.17 bits per heavy atom. The highest BCUT2D eigenvalue weighted by atomic mass is 19.4. The first-order valence-corrected chi connectivity index (χ1v) is 3.55. The summed E-state index contributed by atoms with van der Waals surface area (Å²) in [7, 11) is 0. The van der Waals surface area contributed by atoms with Gasteiger partial charge in [-0.3, -0.25) is 4.79 Å². The molecule has 0 bridgehead atoms. The fourth-order valence-electron chi connectivity index (χ4n) is 1.05. The molecular weight excluding hydrogens is 170 g/mol. The minimum atomic E-state index is -4.90. The fraction of sp³-hybridized carbons (Fsp3) is 0.500. The van der Waals surface area contributed by atoms with Crippen LogP contribution in [-0.4, -0.2) is 30.9 Å². The topological polar surface area (TPSA) is 20.3 Å². The van der Waals surface area contributed by atoms with Crippen LogP contribution in [0.3, 0.4) is 0 Å². The third kappa shape index (κ3) is 1.81. The van der Waals surface area contributed by atoms with Crippen LogP contribution in [0.15, 0.2) is 11.5 Å². The third-order valence-electron chi connectivity index (χ3n) is 1.81. The largest absolute Gasteiger partial charge is 0.507 e. The average Bonchev–Trinajstić information content (AvgIpc) is 2.30. The smallest absolute Gasteiger partial charge is 0.445 e. The van der Waals surface area contributed by atoms with Crippen molar-refractivity contribution in [3.05, 3.63) is 11.5 Å². The lowest BCUT2D eigenvalue weighted by atomic mass is 9.80. The molecule has 1 aliphatic heterocycles. The zero-order valence-electron chi connectivity index (χ0n) is 6.56. The second kappa shape index (κ2) is 2.84. The maximum absolute atomic E-state index is 12.1. The summed E-state index contributed by atoms with van der Waals surface area (Å²) in [4.78, 5) is 11.8. The molecule has 0 aromatic rings. The van der Waals surface area contributed by atoms with Gasteiger partial charge in [0.25, 0.3) is 0 Å². The Kier molecular flexibility index (Phi) is 2.17. The van der Waals surface area contributed by atoms with Gasteiger partial charge < -0.3 is 17.8 Å². The summed E-state index contributed by atoms with van der Waals surface area (Å²) in [5, 5.41) is 0. The highest BCUT2D eigenvalue weighted by Gasteiger charge is 2.32. The van der Waals surface area contributed by atoms with E-state index in [-0.39, 0.29) is 19.0 Å². The second-order valence-corrected chi connectivity index (χ2v) is 2.75. The molecule has 0 unspecified atom stereocenters. The van der Waals surface area contributed by atoms with Gasteiger partial charge in [0.05, 0.1) is 0 Å². The number of rotatable bonds is 1. The molecule has 0 fully saturated rings. The molecule has 2 nitrogen and oxygen atoms in total. The molecule has 0 aliphatic carbocycles. The van der Waals surface area contributed by atoms with Crippen LogP contribution in [0.2, 0.25) is 0 Å². The van der Waals surface area contributed by atoms with E-state index in [1.54, 1.807) is 0 Å². The van der Waals surface area contributed by atoms with Crippen molar-refractivity contribution >= 4 is 12.9 Å². The van der Waals surface area contributed by atoms with Crippen molar-refractivity contribution in [2.75, 3.05) is 13.1 Å². The zero-order chi connectivity index (χ0) is 9.35. The number of carbonyl (C=O) groups excluding carboxylic acids is 1. The number of nitrogens with zero attached hydrogens (tertiary/aromatic N) is 1. The van der Waals surface area contributed by atoms with Gasteiger partial charge in [-0.2, -0.15) is 0 Å². The number of hydrogen-bond acceptors (Lipinski definition) is 1. The minimum absolute atomic E-state index is 0.0892. The van der Waals surface area contributed by atoms with E-state index < -0.39 is 12.4 Å². The number of halogens is 3. The van der Waals surface area contributed by atoms with Crippen LogP contribution in [0.25, 0.3) is 0 Å². The van der Waals surface area contributed by atoms with E-state index in [4.69, 9.17) is 0 Å². The van der Waals surface area contributed by atoms with E-state index in [0.29, 0.717) is 0 Å². The zero-order valence-corrected chi connectivity index (χ0v) is 6.56. The van der Waals surface area contributed by atoms with Crippen molar-refractivity contribution in [3.63, 3.8) is 0 Å². The van der Waals surface area contributed by atoms with Crippen LogP contribution in [0, 0.1) is 0 Å². The maximum atomic E-state index is 12.1. The van der Waals surface area contributed by atoms with Crippen molar-refractivity contribution in [1.82, 2.24) is 4.90 Å². The predicted octanol–water partition coefficient (Wildman–Crippen LogP) is 1.16. The van der Waals surface area contributed by atoms with Crippen LogP contribution < -0.4 is 0 Å². The Labute approximate surface area is 68.1 Å². The molecule has 1 heterocycles. The van der Waals surface area contributed by atoms with E-state index >= 15 is 0 Å². The highest BCUT2D eigenvalue weighted by molar-refractivity contribution is 6.67. The van der Waals surface area contributed by atoms with Crippen LogP contribution in [0.5, 0.6) is 0 Å². The third-order valence-corrected chi connectivity index (χ3v) is 1.81. The molecule has 0 atom stereocenters. The monoisotopic (exact) mass is 178 g/mol. The summed E-state index contributed by atoms with van der Waals surface area (Å²) >= 11 is 0. The van der Waals surface area contributed by atoms with Gasteiger partial charge in [0.2, 0.25) is 5.91 Å². The molecule has 0 saturated carbocycles. The van der Waals surface area contributed by atoms with E-state index in [9.17, 15) is 17.7 Å². The lowest BCUT2D eigenvalue weighted by molar-refractivity contribution is -0.127. The van der Waals surface area contributed by atoms with E-state index in [1.165, 1.54) is 6.92 Å². The summed E-state index contributed by atoms with van der Waals surface area (Å²) in [6, 6.07) is 0. The quantitative estimate of drug-likeness (QED) is 0.551. The van der Waals surface area contributed by atoms with Gasteiger partial charge in [0.1, 0.15) is 0 Å². The maximum Gasteiger partial charge on any atom is 0.507 e. The molecule has 0 N–H and O–H groups in total. The van der Waals surface area contributed by atoms with Crippen molar-refractivity contribution in [2.24, 2.45) is 0 Å². The molecular formula is C6H8BF3NO-. The minimum Gasteiger partial charge on any atom is -0.445 e. The molecule has 0 spiro atoms. The molecule has 12 heavy (non-hydrogen) atoms. The van der Waals surface area contributed by atoms with Crippen molar-refractivity contribution in [1.29, 1.82) is 0 Å². The molecule has 0 aromatic heterocycles. The van der Waals surface area contributed by atoms with E-state index in [0.717, 1.165) is 11.0 Å². The molecule has 0 aromatic carbocycles. The summed E-state index contributed by atoms with van der Waals surface area (Å²) in [5.74, 6) is -0.318. The lowest BCUT2D eigenvalue weighted by Crippen LogP contribution is -2.30. The highest BCUT2D eigenvalue weighted by Crippen LogP contribution is 2.24. The SMILES string of the molecule is CC(=O)N1CC=C([B-](F)(F)F)C1. The van der Waals surface area contributed by atoms with Crippen molar-refractivity contribution < 1.29 is 17.7 Å². The first-order valence-electron chi connectivity index (χ1n) is 3.55. The first-order chi connectivity index (χ1) is 5.41. The standard InChI is InChI=1S/C6H8BF3NO/c1-5(12)11-3-2-6(4-11)7(8,9)10/h2H,3-4H2,1H3/q-1. The number of amides is 1. The summed E-state index contributed by atoms with van der Waals surface area (Å²) in [5.41, 5.74) is -0.565. The van der Waals surface area contributed by atoms with Gasteiger partial charge in [-0.25, -0.2) is 0 Å². The summed E-state index contributed by atoms with van der Waals surface area (Å²) < 4.78 is 36.2. The van der Waals surface area contributed by atoms with E-state index in [1.807, 2.05) is 0 Å². The summed E-state index contributed by atoms with van der Waals surface area (Å²) in [6.45, 7) is -3.82. The molecule has 6 heteroatoms. The Bertz CT molecular complexity index is 235. The van der Waals surface area contributed by atoms with E-state index in [2.05, 4.69) is 0 Å². The van der Waals surface area contributed by atoms with Gasteiger partial charge in [-0.1, -0.05) is 6.08 Å². The molecule has 1 aliphatic rings. The predicted molar refractivity (Wildman–Crippen MR) is 39.4 cm³/mol. The fourth-order valence-corrected chi connectivity index (χ4v) is 1.05. The van der Waals surface area contributed by atoms with Crippen LogP contribution in [-0.2, 0) is 4.79 Å². The second-order valence-electron chi connectivity index (χ2n) is 2.75. The van der Waals surface area contributed by atoms with Crippen molar-refractivity contribution in [3.8, 4) is 0 Å². The Morgan fingerprint density at radius 1 is 1.58 bits per heavy atom. The Morgan fingerprint density at radius 3 is 2.42 bits per heavy atom. The Balaban J connectivity index is 2.61. The lowest BCUT2D eigenvalue weighted by Gasteiger charge is -2.19. The van der Waals surface area contributed by atoms with Crippen LogP contribution >= 0.6 is 0 Å². The number of carbonyl (C=O) groups is 1. The molecule has 68 valence electrons. The summed E-state index contributed by atoms with van der Waals surface area (Å²) in [6.07, 6.45) is 1.07. The van der Waals surface area contributed by atoms with Gasteiger partial charge in [-0.15, -0.1) is 5.47 Å². The molecule has 0 saturated heterocycles. The van der Waals surface area contributed by atoms with Gasteiger partial charge in [0, 0.05) is 20.0 Å². The van der Waals surface area contributed by atoms with Crippen molar-refractivity contribution in [2.45, 2.75) is 6.92 Å². The van der Waals surface area contributed by atoms with Gasteiger partial charge in [-0.05, 0) is 0 Å². The van der Waals surface area contributed by atoms with Crippen LogP contribution in [0.1, 0.15) is 6.92 Å². The molecule has 1 amide bonds. The van der Waals surface area contributed by atoms with Gasteiger partial charge >= 0.3 is 6.98 Å². The van der Waals surface area contributed by atoms with Gasteiger partial charge in [0.15, 0.2) is 0 Å².